The number of carbonyl (C=O) groups is 1. The Hall–Kier alpha value is -2.84. The second kappa shape index (κ2) is 6.96. The molecule has 1 saturated carbocycles. The van der Waals surface area contributed by atoms with Gasteiger partial charge in [-0.2, -0.15) is 0 Å². The standard InChI is InChI=1S/C20H21N3O5/c24-16-10-18-17(27-22-28-18)9-15(16)19(12-3-6-21-7-4-12)23-8-5-14(11-23)26-20(25)13-1-2-13/h3-4,6-7,9-10,13-14,19,22,24H,1-2,5,8,11H2/t14-,19?/m1/s1. The van der Waals surface area contributed by atoms with Crippen molar-refractivity contribution in [2.75, 3.05) is 13.1 Å². The topological polar surface area (TPSA) is 93.2 Å². The molecule has 28 heavy (non-hydrogen) atoms. The maximum Gasteiger partial charge on any atom is 0.309 e. The summed E-state index contributed by atoms with van der Waals surface area (Å²) in [5, 5.41) is 10.7. The van der Waals surface area contributed by atoms with E-state index < -0.39 is 0 Å². The average molecular weight is 383 g/mol. The summed E-state index contributed by atoms with van der Waals surface area (Å²) in [5.74, 6) is 1.08. The van der Waals surface area contributed by atoms with Crippen LogP contribution in [-0.2, 0) is 9.53 Å². The Kier molecular flexibility index (Phi) is 4.29. The van der Waals surface area contributed by atoms with Gasteiger partial charge in [-0.1, -0.05) is 0 Å². The molecule has 5 rings (SSSR count). The lowest BCUT2D eigenvalue weighted by atomic mass is 9.96. The van der Waals surface area contributed by atoms with Crippen LogP contribution >= 0.6 is 0 Å². The Morgan fingerprint density at radius 2 is 1.96 bits per heavy atom. The first-order chi connectivity index (χ1) is 13.7. The predicted octanol–water partition coefficient (Wildman–Crippen LogP) is 2.09. The van der Waals surface area contributed by atoms with Gasteiger partial charge in [-0.15, -0.1) is 0 Å². The summed E-state index contributed by atoms with van der Waals surface area (Å²) >= 11 is 0. The second-order valence-electron chi connectivity index (χ2n) is 7.45. The summed E-state index contributed by atoms with van der Waals surface area (Å²) in [4.78, 5) is 28.7. The lowest BCUT2D eigenvalue weighted by molar-refractivity contribution is -0.150. The fourth-order valence-corrected chi connectivity index (χ4v) is 3.85. The number of benzene rings is 1. The third-order valence-corrected chi connectivity index (χ3v) is 5.45. The van der Waals surface area contributed by atoms with E-state index in [2.05, 4.69) is 15.5 Å². The lowest BCUT2D eigenvalue weighted by Crippen LogP contribution is -2.30. The SMILES string of the molecule is O=C(O[C@@H]1CCN(C(c2ccncc2)c2cc3c(cc2O)ONO3)C1)C1CC1. The Bertz CT molecular complexity index is 887. The number of fused-ring (bicyclic) bond motifs is 1. The van der Waals surface area contributed by atoms with E-state index in [9.17, 15) is 9.90 Å². The molecule has 1 aromatic carbocycles. The molecular formula is C20H21N3O5. The van der Waals surface area contributed by atoms with Crippen LogP contribution in [0.4, 0.5) is 0 Å². The number of esters is 1. The molecule has 2 aromatic rings. The highest BCUT2D eigenvalue weighted by molar-refractivity contribution is 5.75. The average Bonchev–Trinajstić information content (AvgIpc) is 3.31. The van der Waals surface area contributed by atoms with Crippen LogP contribution in [0.3, 0.4) is 0 Å². The highest BCUT2D eigenvalue weighted by Gasteiger charge is 2.37. The number of hydrogen-bond donors (Lipinski definition) is 2. The first-order valence-corrected chi connectivity index (χ1v) is 9.49. The van der Waals surface area contributed by atoms with Crippen molar-refractivity contribution in [2.45, 2.75) is 31.4 Å². The van der Waals surface area contributed by atoms with Gasteiger partial charge >= 0.3 is 5.97 Å². The zero-order valence-electron chi connectivity index (χ0n) is 15.2. The molecule has 2 fully saturated rings. The number of pyridine rings is 1. The Morgan fingerprint density at radius 1 is 1.21 bits per heavy atom. The van der Waals surface area contributed by atoms with Crippen LogP contribution in [-0.4, -0.2) is 40.2 Å². The highest BCUT2D eigenvalue weighted by Crippen LogP contribution is 2.43. The summed E-state index contributed by atoms with van der Waals surface area (Å²) in [7, 11) is 0. The van der Waals surface area contributed by atoms with Gasteiger partial charge in [0.05, 0.1) is 12.0 Å². The molecule has 0 radical (unpaired) electrons. The van der Waals surface area contributed by atoms with E-state index in [1.165, 1.54) is 0 Å². The summed E-state index contributed by atoms with van der Waals surface area (Å²) in [5.41, 5.74) is 4.04. The minimum absolute atomic E-state index is 0.0793. The zero-order chi connectivity index (χ0) is 19.1. The second-order valence-corrected chi connectivity index (χ2v) is 7.45. The van der Waals surface area contributed by atoms with Crippen molar-refractivity contribution in [3.8, 4) is 17.2 Å². The predicted molar refractivity (Wildman–Crippen MR) is 97.4 cm³/mol. The number of nitrogens with zero attached hydrogens (tertiary/aromatic N) is 2. The van der Waals surface area contributed by atoms with Crippen LogP contribution < -0.4 is 15.3 Å². The number of hydrogen-bond acceptors (Lipinski definition) is 8. The van der Waals surface area contributed by atoms with Crippen molar-refractivity contribution < 1.29 is 24.3 Å². The summed E-state index contributed by atoms with van der Waals surface area (Å²) < 4.78 is 5.68. The number of nitrogens with one attached hydrogen (secondary N) is 1. The van der Waals surface area contributed by atoms with Gasteiger partial charge in [0.15, 0.2) is 11.5 Å². The number of rotatable bonds is 5. The monoisotopic (exact) mass is 383 g/mol. The van der Waals surface area contributed by atoms with Crippen molar-refractivity contribution in [1.82, 2.24) is 15.5 Å². The van der Waals surface area contributed by atoms with Gasteiger partial charge in [0.2, 0.25) is 0 Å². The molecule has 2 N–H and O–H groups in total. The number of likely N-dealkylation sites (tertiary alicyclic amines) is 1. The molecule has 1 aromatic heterocycles. The number of phenolic OH excluding ortho intramolecular Hbond substituents is 1. The van der Waals surface area contributed by atoms with Gasteiger partial charge in [0, 0.05) is 42.8 Å². The van der Waals surface area contributed by atoms with E-state index in [0.717, 1.165) is 31.4 Å². The van der Waals surface area contributed by atoms with E-state index in [4.69, 9.17) is 14.4 Å². The van der Waals surface area contributed by atoms with Crippen molar-refractivity contribution >= 4 is 5.97 Å². The summed E-state index contributed by atoms with van der Waals surface area (Å²) in [6.45, 7) is 1.36. The van der Waals surface area contributed by atoms with Crippen molar-refractivity contribution in [3.63, 3.8) is 0 Å². The first-order valence-electron chi connectivity index (χ1n) is 9.49. The molecule has 8 heteroatoms. The molecule has 2 aliphatic heterocycles. The Balaban J connectivity index is 1.44. The number of ether oxygens (including phenoxy) is 1. The van der Waals surface area contributed by atoms with Gasteiger partial charge in [0.25, 0.3) is 0 Å². The van der Waals surface area contributed by atoms with Crippen LogP contribution in [0.5, 0.6) is 17.2 Å². The van der Waals surface area contributed by atoms with E-state index in [-0.39, 0.29) is 29.8 Å². The number of carbonyl (C=O) groups excluding carboxylic acids is 1. The third-order valence-electron chi connectivity index (χ3n) is 5.45. The van der Waals surface area contributed by atoms with Gasteiger partial charge in [-0.3, -0.25) is 14.7 Å². The molecule has 0 amide bonds. The van der Waals surface area contributed by atoms with E-state index in [1.807, 2.05) is 12.1 Å². The summed E-state index contributed by atoms with van der Waals surface area (Å²) in [6, 6.07) is 6.95. The van der Waals surface area contributed by atoms with Crippen LogP contribution in [0, 0.1) is 5.92 Å². The van der Waals surface area contributed by atoms with Gasteiger partial charge in [-0.05, 0) is 43.0 Å². The lowest BCUT2D eigenvalue weighted by Gasteiger charge is -2.29. The van der Waals surface area contributed by atoms with Crippen molar-refractivity contribution in [1.29, 1.82) is 0 Å². The fourth-order valence-electron chi connectivity index (χ4n) is 3.85. The molecule has 3 aliphatic rings. The van der Waals surface area contributed by atoms with Crippen molar-refractivity contribution in [3.05, 3.63) is 47.8 Å². The molecule has 1 saturated heterocycles. The normalized spacial score (nSPS) is 22.2. The molecule has 146 valence electrons. The van der Waals surface area contributed by atoms with E-state index >= 15 is 0 Å². The molecule has 8 nitrogen and oxygen atoms in total. The molecule has 3 heterocycles. The van der Waals surface area contributed by atoms with E-state index in [1.54, 1.807) is 24.5 Å². The number of aromatic nitrogens is 1. The van der Waals surface area contributed by atoms with E-state index in [0.29, 0.717) is 23.6 Å². The third kappa shape index (κ3) is 3.25. The van der Waals surface area contributed by atoms with Crippen LogP contribution in [0.1, 0.15) is 36.4 Å². The molecule has 0 bridgehead atoms. The minimum Gasteiger partial charge on any atom is -0.507 e. The maximum atomic E-state index is 12.0. The quantitative estimate of drug-likeness (QED) is 0.759. The van der Waals surface area contributed by atoms with Crippen LogP contribution in [0.2, 0.25) is 0 Å². The maximum absolute atomic E-state index is 12.0. The van der Waals surface area contributed by atoms with Gasteiger partial charge in [-0.25, -0.2) is 0 Å². The molecule has 1 unspecified atom stereocenters. The number of aromatic hydroxyl groups is 1. The van der Waals surface area contributed by atoms with Crippen LogP contribution in [0.25, 0.3) is 0 Å². The van der Waals surface area contributed by atoms with Gasteiger partial charge in [0.1, 0.15) is 11.9 Å². The Morgan fingerprint density at radius 3 is 2.71 bits per heavy atom. The largest absolute Gasteiger partial charge is 0.507 e. The zero-order valence-corrected chi connectivity index (χ0v) is 15.2. The smallest absolute Gasteiger partial charge is 0.309 e. The first kappa shape index (κ1) is 17.3. The molecule has 0 spiro atoms. The Labute approximate surface area is 161 Å². The fraction of sp³-hybridized carbons (Fsp3) is 0.400. The van der Waals surface area contributed by atoms with Crippen LogP contribution in [0.15, 0.2) is 36.7 Å². The van der Waals surface area contributed by atoms with Gasteiger partial charge < -0.3 is 19.5 Å². The summed E-state index contributed by atoms with van der Waals surface area (Å²) in [6.07, 6.45) is 5.98. The molecule has 2 atom stereocenters. The molecule has 1 aliphatic carbocycles. The minimum atomic E-state index is -0.220. The highest BCUT2D eigenvalue weighted by atomic mass is 16.9. The van der Waals surface area contributed by atoms with Crippen molar-refractivity contribution in [2.24, 2.45) is 5.92 Å². The molecular weight excluding hydrogens is 362 g/mol. The number of phenols is 1.